The number of carbonyl (C=O) groups excluding carboxylic acids is 1. The highest BCUT2D eigenvalue weighted by atomic mass is 16.5. The summed E-state index contributed by atoms with van der Waals surface area (Å²) < 4.78 is 5.66. The molecule has 24 heavy (non-hydrogen) atoms. The average molecular weight is 325 g/mol. The zero-order valence-corrected chi connectivity index (χ0v) is 14.6. The lowest BCUT2D eigenvalue weighted by atomic mass is 10.1. The van der Waals surface area contributed by atoms with Gasteiger partial charge in [0.05, 0.1) is 6.61 Å². The van der Waals surface area contributed by atoms with Crippen LogP contribution in [-0.4, -0.2) is 12.5 Å². The number of benzene rings is 2. The van der Waals surface area contributed by atoms with Crippen molar-refractivity contribution in [3.05, 3.63) is 65.7 Å². The normalized spacial score (nSPS) is 10.6. The second-order valence-corrected chi connectivity index (χ2v) is 6.46. The molecule has 0 bridgehead atoms. The van der Waals surface area contributed by atoms with E-state index in [2.05, 4.69) is 31.3 Å². The maximum absolute atomic E-state index is 11.9. The molecule has 0 unspecified atom stereocenters. The van der Waals surface area contributed by atoms with Crippen LogP contribution < -0.4 is 10.1 Å². The Kier molecular flexibility index (Phi) is 7.34. The summed E-state index contributed by atoms with van der Waals surface area (Å²) in [4.78, 5) is 11.9. The van der Waals surface area contributed by atoms with Crippen molar-refractivity contribution in [2.24, 2.45) is 5.92 Å². The lowest BCUT2D eigenvalue weighted by molar-refractivity contribution is -0.121. The highest BCUT2D eigenvalue weighted by Crippen LogP contribution is 2.13. The predicted molar refractivity (Wildman–Crippen MR) is 98.0 cm³/mol. The smallest absolute Gasteiger partial charge is 0.220 e. The van der Waals surface area contributed by atoms with Gasteiger partial charge in [-0.1, -0.05) is 56.3 Å². The zero-order chi connectivity index (χ0) is 17.2. The van der Waals surface area contributed by atoms with Crippen LogP contribution in [0.15, 0.2) is 54.6 Å². The average Bonchev–Trinajstić information content (AvgIpc) is 2.60. The molecule has 0 atom stereocenters. The summed E-state index contributed by atoms with van der Waals surface area (Å²) in [6, 6.07) is 18.2. The Balaban J connectivity index is 1.66. The fourth-order valence-electron chi connectivity index (χ4n) is 2.35. The largest absolute Gasteiger partial charge is 0.493 e. The summed E-state index contributed by atoms with van der Waals surface area (Å²) >= 11 is 0. The maximum Gasteiger partial charge on any atom is 0.220 e. The number of amides is 1. The minimum absolute atomic E-state index is 0.103. The molecule has 0 aliphatic carbocycles. The van der Waals surface area contributed by atoms with E-state index in [0.29, 0.717) is 18.9 Å². The van der Waals surface area contributed by atoms with Crippen molar-refractivity contribution in [2.75, 3.05) is 6.61 Å². The highest BCUT2D eigenvalue weighted by molar-refractivity contribution is 5.75. The first kappa shape index (κ1) is 18.1. The molecule has 3 heteroatoms. The van der Waals surface area contributed by atoms with Gasteiger partial charge in [0.1, 0.15) is 5.75 Å². The summed E-state index contributed by atoms with van der Waals surface area (Å²) in [5.74, 6) is 1.49. The highest BCUT2D eigenvalue weighted by Gasteiger charge is 2.03. The SMILES string of the molecule is CC(C)COc1ccc(CNC(=O)CCCc2ccccc2)cc1. The van der Waals surface area contributed by atoms with Gasteiger partial charge < -0.3 is 10.1 Å². The van der Waals surface area contributed by atoms with Gasteiger partial charge in [-0.15, -0.1) is 0 Å². The Morgan fingerprint density at radius 2 is 1.71 bits per heavy atom. The Morgan fingerprint density at radius 3 is 2.38 bits per heavy atom. The van der Waals surface area contributed by atoms with Crippen molar-refractivity contribution in [3.8, 4) is 5.75 Å². The minimum atomic E-state index is 0.103. The van der Waals surface area contributed by atoms with Gasteiger partial charge in [-0.2, -0.15) is 0 Å². The fraction of sp³-hybridized carbons (Fsp3) is 0.381. The Morgan fingerprint density at radius 1 is 1.00 bits per heavy atom. The third-order valence-electron chi connectivity index (χ3n) is 3.71. The molecule has 0 aliphatic rings. The summed E-state index contributed by atoms with van der Waals surface area (Å²) in [7, 11) is 0. The summed E-state index contributed by atoms with van der Waals surface area (Å²) in [5.41, 5.74) is 2.37. The van der Waals surface area contributed by atoms with Crippen LogP contribution >= 0.6 is 0 Å². The van der Waals surface area contributed by atoms with E-state index in [1.807, 2.05) is 42.5 Å². The standard InChI is InChI=1S/C21H27NO2/c1-17(2)16-24-20-13-11-19(12-14-20)15-22-21(23)10-6-9-18-7-4-3-5-8-18/h3-5,7-8,11-14,17H,6,9-10,15-16H2,1-2H3,(H,22,23). The number of rotatable bonds is 9. The second kappa shape index (κ2) is 9.76. The molecule has 1 N–H and O–H groups in total. The number of aryl methyl sites for hydroxylation is 1. The van der Waals surface area contributed by atoms with E-state index >= 15 is 0 Å². The quantitative estimate of drug-likeness (QED) is 0.744. The van der Waals surface area contributed by atoms with E-state index in [1.165, 1.54) is 5.56 Å². The zero-order valence-electron chi connectivity index (χ0n) is 14.6. The second-order valence-electron chi connectivity index (χ2n) is 6.46. The van der Waals surface area contributed by atoms with Gasteiger partial charge in [-0.05, 0) is 42.0 Å². The molecule has 0 spiro atoms. The molecule has 0 heterocycles. The fourth-order valence-corrected chi connectivity index (χ4v) is 2.35. The molecule has 0 aliphatic heterocycles. The number of nitrogens with one attached hydrogen (secondary N) is 1. The third kappa shape index (κ3) is 6.86. The van der Waals surface area contributed by atoms with Gasteiger partial charge in [-0.3, -0.25) is 4.79 Å². The molecule has 0 aromatic heterocycles. The van der Waals surface area contributed by atoms with Crippen LogP contribution in [-0.2, 0) is 17.8 Å². The van der Waals surface area contributed by atoms with E-state index in [4.69, 9.17) is 4.74 Å². The molecule has 1 amide bonds. The summed E-state index contributed by atoms with van der Waals surface area (Å²) in [6.07, 6.45) is 2.37. The number of carbonyl (C=O) groups is 1. The molecule has 0 fully saturated rings. The number of ether oxygens (including phenoxy) is 1. The molecule has 2 aromatic rings. The lowest BCUT2D eigenvalue weighted by Crippen LogP contribution is -2.22. The van der Waals surface area contributed by atoms with Crippen molar-refractivity contribution in [3.63, 3.8) is 0 Å². The van der Waals surface area contributed by atoms with Gasteiger partial charge in [0, 0.05) is 13.0 Å². The molecule has 128 valence electrons. The van der Waals surface area contributed by atoms with Gasteiger partial charge in [0.15, 0.2) is 0 Å². The summed E-state index contributed by atoms with van der Waals surface area (Å²) in [5, 5.41) is 2.98. The Hall–Kier alpha value is -2.29. The van der Waals surface area contributed by atoms with Crippen LogP contribution in [0.4, 0.5) is 0 Å². The summed E-state index contributed by atoms with van der Waals surface area (Å²) in [6.45, 7) is 5.54. The van der Waals surface area contributed by atoms with Gasteiger partial charge >= 0.3 is 0 Å². The Bertz CT molecular complexity index is 605. The van der Waals surface area contributed by atoms with E-state index in [0.717, 1.165) is 30.8 Å². The van der Waals surface area contributed by atoms with Crippen LogP contribution in [0, 0.1) is 5.92 Å². The molecule has 0 saturated carbocycles. The molecule has 2 rings (SSSR count). The molecular formula is C21H27NO2. The molecule has 0 saturated heterocycles. The van der Waals surface area contributed by atoms with Gasteiger partial charge in [0.25, 0.3) is 0 Å². The maximum atomic E-state index is 11.9. The Labute approximate surface area is 145 Å². The van der Waals surface area contributed by atoms with Crippen LogP contribution in [0.5, 0.6) is 5.75 Å². The van der Waals surface area contributed by atoms with E-state index in [1.54, 1.807) is 0 Å². The number of hydrogen-bond acceptors (Lipinski definition) is 2. The van der Waals surface area contributed by atoms with E-state index < -0.39 is 0 Å². The van der Waals surface area contributed by atoms with Crippen LogP contribution in [0.1, 0.15) is 37.8 Å². The number of hydrogen-bond donors (Lipinski definition) is 1. The van der Waals surface area contributed by atoms with Crippen molar-refractivity contribution in [1.29, 1.82) is 0 Å². The molecule has 0 radical (unpaired) electrons. The third-order valence-corrected chi connectivity index (χ3v) is 3.71. The topological polar surface area (TPSA) is 38.3 Å². The van der Waals surface area contributed by atoms with Crippen molar-refractivity contribution < 1.29 is 9.53 Å². The van der Waals surface area contributed by atoms with Gasteiger partial charge in [-0.25, -0.2) is 0 Å². The van der Waals surface area contributed by atoms with Gasteiger partial charge in [0.2, 0.25) is 5.91 Å². The van der Waals surface area contributed by atoms with Crippen molar-refractivity contribution >= 4 is 5.91 Å². The van der Waals surface area contributed by atoms with E-state index in [9.17, 15) is 4.79 Å². The molecular weight excluding hydrogens is 298 g/mol. The first-order chi connectivity index (χ1) is 11.6. The minimum Gasteiger partial charge on any atom is -0.493 e. The van der Waals surface area contributed by atoms with Crippen molar-refractivity contribution in [2.45, 2.75) is 39.7 Å². The molecule has 3 nitrogen and oxygen atoms in total. The first-order valence-corrected chi connectivity index (χ1v) is 8.66. The first-order valence-electron chi connectivity index (χ1n) is 8.66. The lowest BCUT2D eigenvalue weighted by Gasteiger charge is -2.10. The monoisotopic (exact) mass is 325 g/mol. The molecule has 2 aromatic carbocycles. The van der Waals surface area contributed by atoms with Crippen molar-refractivity contribution in [1.82, 2.24) is 5.32 Å². The van der Waals surface area contributed by atoms with Crippen LogP contribution in [0.3, 0.4) is 0 Å². The van der Waals surface area contributed by atoms with E-state index in [-0.39, 0.29) is 5.91 Å². The van der Waals surface area contributed by atoms with Crippen LogP contribution in [0.2, 0.25) is 0 Å². The van der Waals surface area contributed by atoms with Crippen LogP contribution in [0.25, 0.3) is 0 Å². The predicted octanol–water partition coefficient (Wildman–Crippen LogP) is 4.36.